The van der Waals surface area contributed by atoms with Crippen molar-refractivity contribution in [1.29, 1.82) is 0 Å². The number of amides is 1. The number of fused-ring (bicyclic) bond motifs is 4. The number of phenols is 1. The predicted molar refractivity (Wildman–Crippen MR) is 185 cm³/mol. The largest absolute Gasteiger partial charge is 0.508 e. The molecule has 4 aromatic rings. The van der Waals surface area contributed by atoms with Crippen molar-refractivity contribution in [2.24, 2.45) is 0 Å². The highest BCUT2D eigenvalue weighted by atomic mass is 16.5. The Bertz CT molecular complexity index is 1760. The maximum absolute atomic E-state index is 13.4. The van der Waals surface area contributed by atoms with Gasteiger partial charge in [-0.2, -0.15) is 9.97 Å². The van der Waals surface area contributed by atoms with Gasteiger partial charge in [-0.05, 0) is 91.9 Å². The van der Waals surface area contributed by atoms with E-state index in [0.29, 0.717) is 44.2 Å². The lowest BCUT2D eigenvalue weighted by atomic mass is 9.97. The Morgan fingerprint density at radius 1 is 1.00 bits per heavy atom. The third-order valence-electron chi connectivity index (χ3n) is 10.8. The molecule has 246 valence electrons. The Morgan fingerprint density at radius 2 is 1.85 bits per heavy atom. The van der Waals surface area contributed by atoms with Crippen molar-refractivity contribution in [3.05, 3.63) is 54.6 Å². The van der Waals surface area contributed by atoms with Crippen LogP contribution in [-0.4, -0.2) is 108 Å². The van der Waals surface area contributed by atoms with E-state index in [2.05, 4.69) is 56.6 Å². The molecule has 5 heterocycles. The molecule has 4 atom stereocenters. The van der Waals surface area contributed by atoms with Gasteiger partial charge in [0.1, 0.15) is 18.2 Å². The van der Waals surface area contributed by atoms with Crippen molar-refractivity contribution in [2.75, 3.05) is 57.8 Å². The number of likely N-dealkylation sites (tertiary alicyclic amines) is 2. The van der Waals surface area contributed by atoms with E-state index in [9.17, 15) is 9.90 Å². The normalized spacial score (nSPS) is 24.8. The highest BCUT2D eigenvalue weighted by Crippen LogP contribution is 2.40. The lowest BCUT2D eigenvalue weighted by Crippen LogP contribution is -2.56. The van der Waals surface area contributed by atoms with Crippen LogP contribution >= 0.6 is 0 Å². The summed E-state index contributed by atoms with van der Waals surface area (Å²) in [6, 6.07) is 19.6. The first kappa shape index (κ1) is 30.4. The second-order valence-corrected chi connectivity index (χ2v) is 13.8. The molecule has 0 spiro atoms. The number of phenolic OH excluding ortho intramolecular Hbond substituents is 1. The molecule has 10 heteroatoms. The van der Waals surface area contributed by atoms with Gasteiger partial charge in [0.05, 0.1) is 5.52 Å². The molecule has 47 heavy (non-hydrogen) atoms. The van der Waals surface area contributed by atoms with E-state index in [1.165, 1.54) is 6.42 Å². The number of aromatic hydroxyl groups is 1. The van der Waals surface area contributed by atoms with Crippen LogP contribution in [-0.2, 0) is 4.79 Å². The van der Waals surface area contributed by atoms with Crippen LogP contribution in [0.25, 0.3) is 32.8 Å². The van der Waals surface area contributed by atoms with Gasteiger partial charge in [-0.15, -0.1) is 0 Å². The quantitative estimate of drug-likeness (QED) is 0.263. The molecule has 4 aliphatic rings. The first-order chi connectivity index (χ1) is 23.0. The molecule has 0 aliphatic carbocycles. The first-order valence-corrected chi connectivity index (χ1v) is 17.4. The van der Waals surface area contributed by atoms with Crippen molar-refractivity contribution in [1.82, 2.24) is 30.4 Å². The fraction of sp³-hybridized carbons (Fsp3) is 0.486. The van der Waals surface area contributed by atoms with Crippen molar-refractivity contribution in [3.63, 3.8) is 0 Å². The summed E-state index contributed by atoms with van der Waals surface area (Å²) in [6.45, 7) is 5.95. The summed E-state index contributed by atoms with van der Waals surface area (Å²) in [6.07, 6.45) is 5.80. The van der Waals surface area contributed by atoms with Gasteiger partial charge in [-0.1, -0.05) is 30.3 Å². The second-order valence-electron chi connectivity index (χ2n) is 13.8. The van der Waals surface area contributed by atoms with E-state index in [1.807, 2.05) is 24.3 Å². The Kier molecular flexibility index (Phi) is 8.33. The number of likely N-dealkylation sites (N-methyl/N-ethyl adjacent to an activating group) is 1. The fourth-order valence-electron chi connectivity index (χ4n) is 8.24. The van der Waals surface area contributed by atoms with Crippen molar-refractivity contribution in [3.8, 4) is 22.9 Å². The maximum atomic E-state index is 13.4. The first-order valence-electron chi connectivity index (χ1n) is 17.4. The topological polar surface area (TPSA) is 106 Å². The summed E-state index contributed by atoms with van der Waals surface area (Å²) in [5, 5.41) is 20.6. The van der Waals surface area contributed by atoms with Crippen LogP contribution in [0.2, 0.25) is 0 Å². The van der Waals surface area contributed by atoms with E-state index in [1.54, 1.807) is 6.07 Å². The van der Waals surface area contributed by atoms with Crippen molar-refractivity contribution < 1.29 is 14.6 Å². The number of rotatable bonds is 8. The predicted octanol–water partition coefficient (Wildman–Crippen LogP) is 4.15. The number of benzene rings is 3. The number of nitrogens with zero attached hydrogens (tertiary/aromatic N) is 5. The van der Waals surface area contributed by atoms with Gasteiger partial charge in [0.2, 0.25) is 5.91 Å². The van der Waals surface area contributed by atoms with E-state index in [-0.39, 0.29) is 23.7 Å². The zero-order valence-corrected chi connectivity index (χ0v) is 27.2. The van der Waals surface area contributed by atoms with Gasteiger partial charge >= 0.3 is 6.01 Å². The van der Waals surface area contributed by atoms with Crippen molar-refractivity contribution >= 4 is 33.4 Å². The Hall–Kier alpha value is -3.99. The minimum absolute atomic E-state index is 0.203. The third-order valence-corrected chi connectivity index (χ3v) is 10.8. The molecular weight excluding hydrogens is 590 g/mol. The van der Waals surface area contributed by atoms with Crippen LogP contribution in [0, 0.1) is 0 Å². The Morgan fingerprint density at radius 3 is 2.64 bits per heavy atom. The summed E-state index contributed by atoms with van der Waals surface area (Å²) < 4.78 is 6.37. The molecule has 4 saturated heterocycles. The van der Waals surface area contributed by atoms with Gasteiger partial charge in [0.15, 0.2) is 0 Å². The highest BCUT2D eigenvalue weighted by molar-refractivity contribution is 6.01. The van der Waals surface area contributed by atoms with Crippen LogP contribution in [0.1, 0.15) is 38.5 Å². The number of hydrogen-bond acceptors (Lipinski definition) is 9. The number of piperazine rings is 2. The molecule has 3 N–H and O–H groups in total. The average Bonchev–Trinajstić information content (AvgIpc) is 3.63. The van der Waals surface area contributed by atoms with Crippen LogP contribution in [0.3, 0.4) is 0 Å². The second kappa shape index (κ2) is 12.9. The van der Waals surface area contributed by atoms with E-state index in [4.69, 9.17) is 14.7 Å². The van der Waals surface area contributed by atoms with E-state index >= 15 is 0 Å². The SMILES string of the molecule is CN1CCC[C@H]1COc1nc(N2C3CCC2CN(C(=O)CCC2CNCCN2)C3)c2ccc(-c3cc(O)cc4ccccc34)cc2n1. The van der Waals surface area contributed by atoms with Gasteiger partial charge in [0.25, 0.3) is 0 Å². The average molecular weight is 636 g/mol. The van der Waals surface area contributed by atoms with Crippen LogP contribution < -0.4 is 20.3 Å². The van der Waals surface area contributed by atoms with Crippen LogP contribution in [0.5, 0.6) is 11.8 Å². The molecule has 3 unspecified atom stereocenters. The number of anilines is 1. The molecule has 0 radical (unpaired) electrons. The minimum atomic E-state index is 0.203. The molecule has 3 aromatic carbocycles. The highest BCUT2D eigenvalue weighted by Gasteiger charge is 2.43. The van der Waals surface area contributed by atoms with Crippen molar-refractivity contribution in [2.45, 2.75) is 62.7 Å². The van der Waals surface area contributed by atoms with Gasteiger partial charge in [-0.25, -0.2) is 0 Å². The van der Waals surface area contributed by atoms with Gasteiger partial charge in [-0.3, -0.25) is 4.79 Å². The van der Waals surface area contributed by atoms with Gasteiger partial charge < -0.3 is 35.2 Å². The Balaban J connectivity index is 1.11. The summed E-state index contributed by atoms with van der Waals surface area (Å²) in [4.78, 5) is 30.4. The minimum Gasteiger partial charge on any atom is -0.508 e. The molecule has 4 aliphatic heterocycles. The number of hydrogen-bond donors (Lipinski definition) is 3. The monoisotopic (exact) mass is 635 g/mol. The summed E-state index contributed by atoms with van der Waals surface area (Å²) in [5.41, 5.74) is 2.77. The zero-order chi connectivity index (χ0) is 31.9. The number of aromatic nitrogens is 2. The molecule has 1 amide bonds. The molecule has 0 saturated carbocycles. The number of nitrogens with one attached hydrogen (secondary N) is 2. The number of carbonyl (C=O) groups excluding carboxylic acids is 1. The third kappa shape index (κ3) is 6.10. The summed E-state index contributed by atoms with van der Waals surface area (Å²) >= 11 is 0. The number of carbonyl (C=O) groups is 1. The molecule has 2 bridgehead atoms. The molecule has 10 nitrogen and oxygen atoms in total. The molecule has 4 fully saturated rings. The lowest BCUT2D eigenvalue weighted by molar-refractivity contribution is -0.132. The summed E-state index contributed by atoms with van der Waals surface area (Å²) in [5.74, 6) is 1.39. The molecule has 8 rings (SSSR count). The fourth-order valence-corrected chi connectivity index (χ4v) is 8.24. The zero-order valence-electron chi connectivity index (χ0n) is 27.2. The summed E-state index contributed by atoms with van der Waals surface area (Å²) in [7, 11) is 2.15. The van der Waals surface area contributed by atoms with E-state index < -0.39 is 0 Å². The standard InChI is InChI=1S/C37H45N7O3/c1-42-16-4-6-29(42)23-47-37-40-34-18-25(33-19-30(45)17-24-5-2-3-7-31(24)33)8-12-32(34)36(41-37)44-27-10-11-28(44)22-43(21-27)35(46)13-9-26-20-38-14-15-39-26/h2-3,5,7-8,12,17-19,26-29,38-39,45H,4,6,9-11,13-16,20-23H2,1H3/t26?,27?,28?,29-/m0/s1. The lowest BCUT2D eigenvalue weighted by Gasteiger charge is -2.42. The van der Waals surface area contributed by atoms with E-state index in [0.717, 1.165) is 90.5 Å². The molecular formula is C37H45N7O3. The molecule has 1 aromatic heterocycles. The number of ether oxygens (including phenoxy) is 1. The van der Waals surface area contributed by atoms with Crippen LogP contribution in [0.4, 0.5) is 5.82 Å². The van der Waals surface area contributed by atoms with Crippen LogP contribution in [0.15, 0.2) is 54.6 Å². The Labute approximate surface area is 276 Å². The van der Waals surface area contributed by atoms with Gasteiger partial charge in [0, 0.05) is 68.7 Å². The smallest absolute Gasteiger partial charge is 0.319 e. The maximum Gasteiger partial charge on any atom is 0.319 e.